The van der Waals surface area contributed by atoms with Crippen LogP contribution in [0.15, 0.2) is 60.7 Å². The molecule has 0 saturated carbocycles. The summed E-state index contributed by atoms with van der Waals surface area (Å²) in [6, 6.07) is 20.4. The second-order valence-corrected chi connectivity index (χ2v) is 7.76. The molecule has 0 aliphatic rings. The summed E-state index contributed by atoms with van der Waals surface area (Å²) in [7, 11) is 3.24. The lowest BCUT2D eigenvalue weighted by Crippen LogP contribution is -2.02. The fourth-order valence-electron chi connectivity index (χ4n) is 3.78. The molecule has 170 valence electrons. The number of methoxy groups -OCH3 is 1. The van der Waals surface area contributed by atoms with Crippen molar-refractivity contribution in [3.8, 4) is 17.6 Å². The zero-order chi connectivity index (χ0) is 24.2. The number of nitro groups is 1. The van der Waals surface area contributed by atoms with Gasteiger partial charge in [-0.25, -0.2) is 4.98 Å². The zero-order valence-electron chi connectivity index (χ0n) is 19.0. The number of nitrogens with zero attached hydrogens (tertiary/aromatic N) is 4. The number of rotatable bonds is 7. The molecule has 1 heterocycles. The van der Waals surface area contributed by atoms with Crippen LogP contribution < -0.4 is 9.47 Å². The molecule has 3 aromatic carbocycles. The number of aryl methyl sites for hydroxylation is 2. The molecule has 8 heteroatoms. The zero-order valence-corrected chi connectivity index (χ0v) is 19.0. The van der Waals surface area contributed by atoms with Crippen molar-refractivity contribution < 1.29 is 14.4 Å². The van der Waals surface area contributed by atoms with Gasteiger partial charge in [0, 0.05) is 13.1 Å². The van der Waals surface area contributed by atoms with E-state index in [4.69, 9.17) is 9.47 Å². The first-order valence-electron chi connectivity index (χ1n) is 10.5. The lowest BCUT2D eigenvalue weighted by molar-refractivity contribution is -0.386. The Balaban J connectivity index is 1.75. The maximum Gasteiger partial charge on any atom is 0.315 e. The minimum atomic E-state index is -0.521. The number of imidazole rings is 1. The molecule has 0 bridgehead atoms. The van der Waals surface area contributed by atoms with Gasteiger partial charge in [0.05, 0.1) is 28.6 Å². The first kappa shape index (κ1) is 22.6. The molecule has 0 atom stereocenters. The van der Waals surface area contributed by atoms with Crippen molar-refractivity contribution in [3.63, 3.8) is 0 Å². The molecule has 0 amide bonds. The number of nitriles is 1. The summed E-state index contributed by atoms with van der Waals surface area (Å²) in [5.74, 6) is 0.702. The molecule has 0 aliphatic heterocycles. The first-order valence-corrected chi connectivity index (χ1v) is 10.5. The average Bonchev–Trinajstić information content (AvgIpc) is 3.17. The highest BCUT2D eigenvalue weighted by Crippen LogP contribution is 2.39. The molecule has 0 saturated heterocycles. The van der Waals surface area contributed by atoms with E-state index in [-0.39, 0.29) is 29.4 Å². The summed E-state index contributed by atoms with van der Waals surface area (Å²) >= 11 is 0. The third kappa shape index (κ3) is 4.45. The molecule has 0 radical (unpaired) electrons. The van der Waals surface area contributed by atoms with Gasteiger partial charge in [-0.15, -0.1) is 0 Å². The van der Waals surface area contributed by atoms with E-state index in [1.54, 1.807) is 12.1 Å². The van der Waals surface area contributed by atoms with Crippen molar-refractivity contribution in [1.29, 1.82) is 5.26 Å². The van der Waals surface area contributed by atoms with E-state index in [9.17, 15) is 15.4 Å². The maximum atomic E-state index is 11.9. The van der Waals surface area contributed by atoms with Gasteiger partial charge < -0.3 is 14.0 Å². The third-order valence-electron chi connectivity index (χ3n) is 5.40. The van der Waals surface area contributed by atoms with E-state index in [1.165, 1.54) is 13.2 Å². The largest absolute Gasteiger partial charge is 0.493 e. The van der Waals surface area contributed by atoms with Crippen LogP contribution in [0, 0.1) is 28.4 Å². The Morgan fingerprint density at radius 1 is 1.21 bits per heavy atom. The molecule has 34 heavy (non-hydrogen) atoms. The van der Waals surface area contributed by atoms with Crippen LogP contribution in [-0.4, -0.2) is 21.6 Å². The van der Waals surface area contributed by atoms with Gasteiger partial charge in [0.15, 0.2) is 11.6 Å². The van der Waals surface area contributed by atoms with Crippen molar-refractivity contribution >= 4 is 28.4 Å². The number of ether oxygens (including phenoxy) is 2. The molecule has 8 nitrogen and oxygen atoms in total. The van der Waals surface area contributed by atoms with Gasteiger partial charge in [0.25, 0.3) is 0 Å². The van der Waals surface area contributed by atoms with Crippen LogP contribution in [-0.2, 0) is 13.7 Å². The number of aromatic nitrogens is 2. The Kier molecular flexibility index (Phi) is 6.28. The summed E-state index contributed by atoms with van der Waals surface area (Å²) < 4.78 is 13.1. The Bertz CT molecular complexity index is 1460. The number of benzene rings is 3. The van der Waals surface area contributed by atoms with Crippen LogP contribution in [0.2, 0.25) is 0 Å². The van der Waals surface area contributed by atoms with E-state index < -0.39 is 4.92 Å². The summed E-state index contributed by atoms with van der Waals surface area (Å²) in [6.45, 7) is 2.11. The van der Waals surface area contributed by atoms with Crippen molar-refractivity contribution in [2.45, 2.75) is 13.5 Å². The Hall–Kier alpha value is -4.64. The topological polar surface area (TPSA) is 103 Å². The molecule has 0 N–H and O–H groups in total. The monoisotopic (exact) mass is 454 g/mol. The van der Waals surface area contributed by atoms with Gasteiger partial charge in [0.2, 0.25) is 5.75 Å². The van der Waals surface area contributed by atoms with E-state index in [1.807, 2.05) is 67.1 Å². The number of nitro benzene ring substituents is 1. The average molecular weight is 454 g/mol. The number of hydrogen-bond acceptors (Lipinski definition) is 6. The van der Waals surface area contributed by atoms with Crippen LogP contribution in [0.5, 0.6) is 11.5 Å². The maximum absolute atomic E-state index is 11.9. The van der Waals surface area contributed by atoms with E-state index in [0.29, 0.717) is 11.4 Å². The number of fused-ring (bicyclic) bond motifs is 1. The minimum Gasteiger partial charge on any atom is -0.493 e. The molecular formula is C26H22N4O4. The summed E-state index contributed by atoms with van der Waals surface area (Å²) in [4.78, 5) is 15.9. The number of allylic oxidation sites excluding steroid dienone is 1. The quantitative estimate of drug-likeness (QED) is 0.209. The van der Waals surface area contributed by atoms with Gasteiger partial charge in [-0.05, 0) is 42.3 Å². The van der Waals surface area contributed by atoms with Crippen molar-refractivity contribution in [2.24, 2.45) is 7.05 Å². The van der Waals surface area contributed by atoms with Crippen LogP contribution in [0.3, 0.4) is 0 Å². The molecule has 1 aromatic heterocycles. The van der Waals surface area contributed by atoms with E-state index >= 15 is 0 Å². The second-order valence-electron chi connectivity index (χ2n) is 7.76. The number of para-hydroxylation sites is 2. The predicted molar refractivity (Wildman–Crippen MR) is 129 cm³/mol. The lowest BCUT2D eigenvalue weighted by Gasteiger charge is -2.12. The fraction of sp³-hybridized carbons (Fsp3) is 0.154. The van der Waals surface area contributed by atoms with Crippen molar-refractivity contribution in [2.75, 3.05) is 7.11 Å². The van der Waals surface area contributed by atoms with Gasteiger partial charge in [0.1, 0.15) is 12.7 Å². The van der Waals surface area contributed by atoms with Crippen molar-refractivity contribution in [1.82, 2.24) is 9.55 Å². The van der Waals surface area contributed by atoms with Crippen LogP contribution in [0.1, 0.15) is 22.5 Å². The van der Waals surface area contributed by atoms with Crippen LogP contribution >= 0.6 is 0 Å². The Labute approximate surface area is 196 Å². The summed E-state index contributed by atoms with van der Waals surface area (Å²) in [6.07, 6.45) is 1.56. The molecule has 0 aliphatic carbocycles. The molecule has 4 rings (SSSR count). The van der Waals surface area contributed by atoms with Crippen LogP contribution in [0.4, 0.5) is 5.69 Å². The normalized spacial score (nSPS) is 11.3. The molecular weight excluding hydrogens is 432 g/mol. The predicted octanol–water partition coefficient (Wildman–Crippen LogP) is 5.44. The standard InChI is InChI=1S/C26H22N4O4/c1-17-7-6-8-18(11-17)16-34-25-23(30(31)32)13-19(14-24(25)33-3)12-20(15-27)26-28-21-9-4-5-10-22(21)29(26)2/h4-14H,16H2,1-3H3/b20-12-. The highest BCUT2D eigenvalue weighted by molar-refractivity contribution is 5.91. The lowest BCUT2D eigenvalue weighted by atomic mass is 10.1. The summed E-state index contributed by atoms with van der Waals surface area (Å²) in [5, 5.41) is 21.7. The SMILES string of the molecule is COc1cc(/C=C(/C#N)c2nc3ccccc3n2C)cc([N+](=O)[O-])c1OCc1cccc(C)c1. The highest BCUT2D eigenvalue weighted by atomic mass is 16.6. The molecule has 4 aromatic rings. The third-order valence-corrected chi connectivity index (χ3v) is 5.40. The van der Waals surface area contributed by atoms with E-state index in [2.05, 4.69) is 11.1 Å². The van der Waals surface area contributed by atoms with Gasteiger partial charge in [-0.1, -0.05) is 42.0 Å². The Morgan fingerprint density at radius 3 is 2.68 bits per heavy atom. The van der Waals surface area contributed by atoms with E-state index in [0.717, 1.165) is 22.2 Å². The minimum absolute atomic E-state index is 0.0346. The smallest absolute Gasteiger partial charge is 0.315 e. The first-order chi connectivity index (χ1) is 16.4. The van der Waals surface area contributed by atoms with Crippen molar-refractivity contribution in [3.05, 3.63) is 93.3 Å². The van der Waals surface area contributed by atoms with Gasteiger partial charge >= 0.3 is 5.69 Å². The molecule has 0 fully saturated rings. The van der Waals surface area contributed by atoms with Crippen LogP contribution in [0.25, 0.3) is 22.7 Å². The summed E-state index contributed by atoms with van der Waals surface area (Å²) in [5.41, 5.74) is 4.02. The molecule has 0 spiro atoms. The fourth-order valence-corrected chi connectivity index (χ4v) is 3.78. The highest BCUT2D eigenvalue weighted by Gasteiger charge is 2.23. The molecule has 0 unspecified atom stereocenters. The number of hydrogen-bond donors (Lipinski definition) is 0. The Morgan fingerprint density at radius 2 is 2.00 bits per heavy atom. The van der Waals surface area contributed by atoms with Gasteiger partial charge in [-0.3, -0.25) is 10.1 Å². The second kappa shape index (κ2) is 9.46. The van der Waals surface area contributed by atoms with Gasteiger partial charge in [-0.2, -0.15) is 5.26 Å².